The molecule has 31 heavy (non-hydrogen) atoms. The molecule has 0 bridgehead atoms. The van der Waals surface area contributed by atoms with Gasteiger partial charge in [-0.15, -0.1) is 0 Å². The van der Waals surface area contributed by atoms with Gasteiger partial charge >= 0.3 is 0 Å². The highest BCUT2D eigenvalue weighted by Crippen LogP contribution is 2.69. The van der Waals surface area contributed by atoms with Gasteiger partial charge in [0.15, 0.2) is 0 Å². The van der Waals surface area contributed by atoms with Gasteiger partial charge in [-0.1, -0.05) is 66.2 Å². The fourth-order valence-corrected chi connectivity index (χ4v) is 7.05. The number of carbonyl (C=O) groups is 1. The van der Waals surface area contributed by atoms with Gasteiger partial charge in [0.25, 0.3) is 5.79 Å². The molecular formula is C28H28O3. The summed E-state index contributed by atoms with van der Waals surface area (Å²) in [6, 6.07) is 21.6. The van der Waals surface area contributed by atoms with Crippen LogP contribution in [0.3, 0.4) is 0 Å². The van der Waals surface area contributed by atoms with E-state index in [-0.39, 0.29) is 17.1 Å². The van der Waals surface area contributed by atoms with Crippen LogP contribution in [0.4, 0.5) is 0 Å². The Hall–Kier alpha value is -2.49. The van der Waals surface area contributed by atoms with Crippen LogP contribution in [0.25, 0.3) is 0 Å². The second-order valence-corrected chi connectivity index (χ2v) is 9.35. The lowest BCUT2D eigenvalue weighted by Gasteiger charge is -2.64. The van der Waals surface area contributed by atoms with Crippen molar-refractivity contribution in [2.45, 2.75) is 43.3 Å². The van der Waals surface area contributed by atoms with E-state index in [9.17, 15) is 4.79 Å². The molecule has 4 aliphatic carbocycles. The maximum atomic E-state index is 13.7. The molecule has 0 spiro atoms. The van der Waals surface area contributed by atoms with Crippen molar-refractivity contribution in [1.82, 2.24) is 0 Å². The van der Waals surface area contributed by atoms with Crippen molar-refractivity contribution < 1.29 is 14.3 Å². The monoisotopic (exact) mass is 412 g/mol. The normalized spacial score (nSPS) is 27.6. The Morgan fingerprint density at radius 2 is 1.42 bits per heavy atom. The zero-order chi connectivity index (χ0) is 21.2. The Bertz CT molecular complexity index is 1070. The Balaban J connectivity index is 1.60. The van der Waals surface area contributed by atoms with Crippen molar-refractivity contribution >= 4 is 5.78 Å². The van der Waals surface area contributed by atoms with Crippen molar-refractivity contribution in [1.29, 1.82) is 0 Å². The highest BCUT2D eigenvalue weighted by molar-refractivity contribution is 6.14. The predicted molar refractivity (Wildman–Crippen MR) is 120 cm³/mol. The van der Waals surface area contributed by atoms with Gasteiger partial charge in [0.2, 0.25) is 5.78 Å². The first kappa shape index (κ1) is 19.2. The standard InChI is InChI=1S/C28H28O3/c1-30-28(31-2)25-21-16-10-9-15-20(21)22-17-27(18-11-5-3-6-12-18,19-13-7-4-8-14-19)24(22)23(25)26(28)29/h3-8,11-14,22,24H,9-10,15-17H2,1-2H3/t22-,24-/m1/s1. The van der Waals surface area contributed by atoms with E-state index in [4.69, 9.17) is 9.47 Å². The number of ketones is 1. The molecule has 2 aromatic rings. The molecular weight excluding hydrogens is 384 g/mol. The molecule has 3 nitrogen and oxygen atoms in total. The smallest absolute Gasteiger partial charge is 0.261 e. The maximum absolute atomic E-state index is 13.7. The number of allylic oxidation sites excluding steroid dienone is 1. The molecule has 2 aromatic carbocycles. The van der Waals surface area contributed by atoms with E-state index in [1.807, 2.05) is 0 Å². The third-order valence-electron chi connectivity index (χ3n) is 8.34. The molecule has 0 radical (unpaired) electrons. The van der Waals surface area contributed by atoms with Crippen molar-refractivity contribution in [2.75, 3.05) is 14.2 Å². The van der Waals surface area contributed by atoms with E-state index in [2.05, 4.69) is 60.7 Å². The Labute approximate surface area is 183 Å². The van der Waals surface area contributed by atoms with Crippen LogP contribution in [-0.2, 0) is 19.7 Å². The molecule has 0 unspecified atom stereocenters. The number of rotatable bonds is 4. The highest BCUT2D eigenvalue weighted by atomic mass is 16.7. The lowest BCUT2D eigenvalue weighted by Crippen LogP contribution is -2.65. The number of methoxy groups -OCH3 is 2. The second kappa shape index (κ2) is 6.75. The molecule has 0 N–H and O–H groups in total. The summed E-state index contributed by atoms with van der Waals surface area (Å²) in [6.07, 6.45) is 5.62. The summed E-state index contributed by atoms with van der Waals surface area (Å²) in [4.78, 5) is 13.7. The Kier molecular flexibility index (Phi) is 4.19. The van der Waals surface area contributed by atoms with Gasteiger partial charge in [0, 0.05) is 36.7 Å². The van der Waals surface area contributed by atoms with Gasteiger partial charge in [-0.25, -0.2) is 0 Å². The van der Waals surface area contributed by atoms with Gasteiger partial charge in [-0.05, 0) is 54.7 Å². The fourth-order valence-electron chi connectivity index (χ4n) is 7.05. The second-order valence-electron chi connectivity index (χ2n) is 9.35. The van der Waals surface area contributed by atoms with Crippen LogP contribution in [0, 0.1) is 11.8 Å². The summed E-state index contributed by atoms with van der Waals surface area (Å²) in [5.74, 6) is -0.608. The summed E-state index contributed by atoms with van der Waals surface area (Å²) in [6.45, 7) is 0. The first-order valence-corrected chi connectivity index (χ1v) is 11.4. The molecule has 2 atom stereocenters. The van der Waals surface area contributed by atoms with Crippen LogP contribution >= 0.6 is 0 Å². The number of fused-ring (bicyclic) bond motifs is 4. The van der Waals surface area contributed by atoms with E-state index >= 15 is 0 Å². The third kappa shape index (κ3) is 2.23. The van der Waals surface area contributed by atoms with E-state index in [1.165, 1.54) is 29.5 Å². The first-order valence-electron chi connectivity index (χ1n) is 11.4. The van der Waals surface area contributed by atoms with Crippen LogP contribution in [0.5, 0.6) is 0 Å². The average molecular weight is 413 g/mol. The van der Waals surface area contributed by atoms with Gasteiger partial charge in [0.05, 0.1) is 0 Å². The zero-order valence-corrected chi connectivity index (χ0v) is 18.2. The number of Topliss-reactive ketones (excluding diaryl/α,β-unsaturated/α-hetero) is 1. The van der Waals surface area contributed by atoms with Crippen LogP contribution in [0.1, 0.15) is 43.2 Å². The Morgan fingerprint density at radius 1 is 0.839 bits per heavy atom. The fraction of sp³-hybridized carbons (Fsp3) is 0.393. The molecule has 4 aliphatic rings. The van der Waals surface area contributed by atoms with Crippen molar-refractivity contribution in [3.05, 3.63) is 94.1 Å². The molecule has 1 saturated carbocycles. The van der Waals surface area contributed by atoms with Crippen molar-refractivity contribution in [3.8, 4) is 0 Å². The molecule has 0 amide bonds. The third-order valence-corrected chi connectivity index (χ3v) is 8.34. The van der Waals surface area contributed by atoms with E-state index < -0.39 is 5.79 Å². The number of hydrogen-bond acceptors (Lipinski definition) is 3. The van der Waals surface area contributed by atoms with E-state index in [0.717, 1.165) is 30.4 Å². The quantitative estimate of drug-likeness (QED) is 0.634. The lowest BCUT2D eigenvalue weighted by atomic mass is 9.39. The summed E-state index contributed by atoms with van der Waals surface area (Å²) in [5, 5.41) is 0. The minimum atomic E-state index is -1.22. The van der Waals surface area contributed by atoms with Gasteiger partial charge < -0.3 is 9.47 Å². The number of benzene rings is 2. The molecule has 6 rings (SSSR count). The summed E-state index contributed by atoms with van der Waals surface area (Å²) in [5.41, 5.74) is 7.35. The summed E-state index contributed by atoms with van der Waals surface area (Å²) >= 11 is 0. The zero-order valence-electron chi connectivity index (χ0n) is 18.2. The predicted octanol–water partition coefficient (Wildman–Crippen LogP) is 5.36. The average Bonchev–Trinajstić information content (AvgIpc) is 2.82. The van der Waals surface area contributed by atoms with E-state index in [0.29, 0.717) is 5.92 Å². The van der Waals surface area contributed by atoms with Crippen LogP contribution < -0.4 is 0 Å². The minimum absolute atomic E-state index is 0.0237. The molecule has 3 heteroatoms. The summed E-state index contributed by atoms with van der Waals surface area (Å²) in [7, 11) is 3.20. The maximum Gasteiger partial charge on any atom is 0.261 e. The van der Waals surface area contributed by atoms with Crippen LogP contribution in [0.2, 0.25) is 0 Å². The van der Waals surface area contributed by atoms with Crippen LogP contribution in [0.15, 0.2) is 83.0 Å². The molecule has 0 aromatic heterocycles. The van der Waals surface area contributed by atoms with Gasteiger partial charge in [-0.2, -0.15) is 0 Å². The lowest BCUT2D eigenvalue weighted by molar-refractivity contribution is -0.198. The van der Waals surface area contributed by atoms with Gasteiger partial charge in [-0.3, -0.25) is 4.79 Å². The molecule has 0 saturated heterocycles. The SMILES string of the molecule is COC1(OC)C(=O)C2=C1C1=C(CCCC1)[C@H]1CC(c3ccccc3)(c3ccccc3)[C@@H]21. The van der Waals surface area contributed by atoms with Crippen LogP contribution in [-0.4, -0.2) is 25.8 Å². The van der Waals surface area contributed by atoms with Gasteiger partial charge in [0.1, 0.15) is 0 Å². The molecule has 1 fully saturated rings. The molecule has 0 heterocycles. The largest absolute Gasteiger partial charge is 0.343 e. The Morgan fingerprint density at radius 3 is 2.00 bits per heavy atom. The number of ether oxygens (including phenoxy) is 2. The number of hydrogen-bond donors (Lipinski definition) is 0. The minimum Gasteiger partial charge on any atom is -0.343 e. The number of carbonyl (C=O) groups excluding carboxylic acids is 1. The van der Waals surface area contributed by atoms with E-state index in [1.54, 1.807) is 19.8 Å². The topological polar surface area (TPSA) is 35.5 Å². The van der Waals surface area contributed by atoms with Crippen molar-refractivity contribution in [2.24, 2.45) is 11.8 Å². The highest BCUT2D eigenvalue weighted by Gasteiger charge is 2.69. The molecule has 0 aliphatic heterocycles. The first-order chi connectivity index (χ1) is 15.2. The van der Waals surface area contributed by atoms with Crippen molar-refractivity contribution in [3.63, 3.8) is 0 Å². The molecule has 158 valence electrons. The summed E-state index contributed by atoms with van der Waals surface area (Å²) < 4.78 is 11.6.